The fourth-order valence-corrected chi connectivity index (χ4v) is 2.34. The van der Waals surface area contributed by atoms with Gasteiger partial charge in [0.05, 0.1) is 5.97 Å². The molecule has 1 aliphatic rings. The highest BCUT2D eigenvalue weighted by molar-refractivity contribution is 7.99. The lowest BCUT2D eigenvalue weighted by Crippen LogP contribution is -2.48. The SMILES string of the molecule is O=C([O-])C1CSc2c(O)cnc[n+]21. The van der Waals surface area contributed by atoms with Crippen molar-refractivity contribution in [2.24, 2.45) is 0 Å². The van der Waals surface area contributed by atoms with E-state index in [0.29, 0.717) is 10.8 Å². The molecule has 0 fully saturated rings. The summed E-state index contributed by atoms with van der Waals surface area (Å²) in [7, 11) is 0. The number of carboxylic acid groups (broad SMARTS) is 1. The summed E-state index contributed by atoms with van der Waals surface area (Å²) in [6.07, 6.45) is 2.67. The first-order valence-electron chi connectivity index (χ1n) is 3.62. The molecule has 1 aromatic heterocycles. The first-order valence-corrected chi connectivity index (χ1v) is 4.60. The zero-order valence-corrected chi connectivity index (χ0v) is 7.32. The molecular formula is C7H6N2O3S. The molecule has 13 heavy (non-hydrogen) atoms. The van der Waals surface area contributed by atoms with Gasteiger partial charge in [0.25, 0.3) is 6.33 Å². The van der Waals surface area contributed by atoms with Gasteiger partial charge in [-0.1, -0.05) is 16.7 Å². The van der Waals surface area contributed by atoms with Crippen LogP contribution in [0.4, 0.5) is 0 Å². The molecule has 0 saturated carbocycles. The monoisotopic (exact) mass is 198 g/mol. The lowest BCUT2D eigenvalue weighted by Gasteiger charge is -2.07. The molecule has 0 radical (unpaired) electrons. The fourth-order valence-electron chi connectivity index (χ4n) is 1.21. The number of carbonyl (C=O) groups excluding carboxylic acids is 1. The van der Waals surface area contributed by atoms with Crippen molar-refractivity contribution in [3.63, 3.8) is 0 Å². The Morgan fingerprint density at radius 1 is 1.85 bits per heavy atom. The van der Waals surface area contributed by atoms with E-state index in [0.717, 1.165) is 0 Å². The smallest absolute Gasteiger partial charge is 0.287 e. The Labute approximate surface area is 78.0 Å². The van der Waals surface area contributed by atoms with Crippen molar-refractivity contribution >= 4 is 17.7 Å². The molecule has 0 bridgehead atoms. The van der Waals surface area contributed by atoms with Gasteiger partial charge in [0.2, 0.25) is 10.8 Å². The molecule has 5 nitrogen and oxygen atoms in total. The van der Waals surface area contributed by atoms with E-state index in [1.165, 1.54) is 28.9 Å². The Balaban J connectivity index is 2.49. The van der Waals surface area contributed by atoms with Crippen molar-refractivity contribution in [2.45, 2.75) is 11.1 Å². The fraction of sp³-hybridized carbons (Fsp3) is 0.286. The van der Waals surface area contributed by atoms with E-state index >= 15 is 0 Å². The Hall–Kier alpha value is -1.30. The van der Waals surface area contributed by atoms with Crippen LogP contribution in [-0.4, -0.2) is 21.8 Å². The zero-order chi connectivity index (χ0) is 9.42. The minimum absolute atomic E-state index is 0.0104. The number of carboxylic acids is 1. The summed E-state index contributed by atoms with van der Waals surface area (Å²) in [6, 6.07) is -0.723. The van der Waals surface area contributed by atoms with Crippen molar-refractivity contribution in [3.8, 4) is 5.75 Å². The molecule has 1 atom stereocenters. The maximum absolute atomic E-state index is 10.6. The Bertz CT molecular complexity index is 369. The molecule has 6 heteroatoms. The third kappa shape index (κ3) is 1.23. The average Bonchev–Trinajstić information content (AvgIpc) is 2.48. The van der Waals surface area contributed by atoms with Crippen LogP contribution in [0.5, 0.6) is 5.75 Å². The van der Waals surface area contributed by atoms with Crippen molar-refractivity contribution in [2.75, 3.05) is 5.75 Å². The topological polar surface area (TPSA) is 77.1 Å². The summed E-state index contributed by atoms with van der Waals surface area (Å²) in [6.45, 7) is 0. The van der Waals surface area contributed by atoms with E-state index < -0.39 is 12.0 Å². The predicted molar refractivity (Wildman–Crippen MR) is 40.9 cm³/mol. The van der Waals surface area contributed by atoms with Gasteiger partial charge in [-0.3, -0.25) is 0 Å². The van der Waals surface area contributed by atoms with Crippen LogP contribution in [0.15, 0.2) is 17.6 Å². The van der Waals surface area contributed by atoms with Gasteiger partial charge in [-0.15, -0.1) is 0 Å². The number of fused-ring (bicyclic) bond motifs is 1. The van der Waals surface area contributed by atoms with Gasteiger partial charge in [0, 0.05) is 5.75 Å². The minimum atomic E-state index is -1.15. The van der Waals surface area contributed by atoms with E-state index in [-0.39, 0.29) is 5.75 Å². The van der Waals surface area contributed by atoms with Gasteiger partial charge >= 0.3 is 0 Å². The third-order valence-electron chi connectivity index (χ3n) is 1.83. The first kappa shape index (κ1) is 8.31. The highest BCUT2D eigenvalue weighted by Gasteiger charge is 2.31. The molecular weight excluding hydrogens is 192 g/mol. The van der Waals surface area contributed by atoms with Crippen molar-refractivity contribution in [1.29, 1.82) is 0 Å². The minimum Gasteiger partial charge on any atom is -0.546 e. The Kier molecular flexibility index (Phi) is 1.84. The quantitative estimate of drug-likeness (QED) is 0.437. The molecule has 1 aromatic rings. The second-order valence-corrected chi connectivity index (χ2v) is 3.65. The van der Waals surface area contributed by atoms with Crippen LogP contribution >= 0.6 is 11.8 Å². The molecule has 0 aliphatic carbocycles. The summed E-state index contributed by atoms with van der Waals surface area (Å²) in [5.74, 6) is -0.762. The lowest BCUT2D eigenvalue weighted by molar-refractivity contribution is -0.743. The Morgan fingerprint density at radius 3 is 3.31 bits per heavy atom. The van der Waals surface area contributed by atoms with Gasteiger partial charge in [0.1, 0.15) is 0 Å². The number of nitrogens with zero attached hydrogens (tertiary/aromatic N) is 2. The second kappa shape index (κ2) is 2.88. The molecule has 1 aliphatic heterocycles. The highest BCUT2D eigenvalue weighted by Crippen LogP contribution is 2.31. The molecule has 68 valence electrons. The van der Waals surface area contributed by atoms with Crippen LogP contribution in [0.3, 0.4) is 0 Å². The molecule has 0 aromatic carbocycles. The van der Waals surface area contributed by atoms with E-state index in [1.807, 2.05) is 0 Å². The van der Waals surface area contributed by atoms with E-state index in [4.69, 9.17) is 0 Å². The van der Waals surface area contributed by atoms with Crippen molar-refractivity contribution < 1.29 is 19.6 Å². The van der Waals surface area contributed by atoms with Crippen molar-refractivity contribution in [3.05, 3.63) is 12.5 Å². The summed E-state index contributed by atoms with van der Waals surface area (Å²) >= 11 is 1.28. The number of hydrogen-bond acceptors (Lipinski definition) is 5. The van der Waals surface area contributed by atoms with E-state index in [1.54, 1.807) is 0 Å². The lowest BCUT2D eigenvalue weighted by atomic mass is 10.3. The number of rotatable bonds is 1. The maximum atomic E-state index is 10.6. The number of carbonyl (C=O) groups is 1. The van der Waals surface area contributed by atoms with Gasteiger partial charge < -0.3 is 15.0 Å². The molecule has 0 spiro atoms. The average molecular weight is 198 g/mol. The number of thioether (sulfide) groups is 1. The standard InChI is InChI=1S/C7H6N2O3S/c10-5-1-8-3-9-4(7(11)12)2-13-6(5)9/h1,3-4H,2H2,(H-,10,11,12). The zero-order valence-electron chi connectivity index (χ0n) is 6.51. The van der Waals surface area contributed by atoms with Crippen LogP contribution in [0.2, 0.25) is 0 Å². The van der Waals surface area contributed by atoms with Gasteiger partial charge in [-0.25, -0.2) is 4.57 Å². The van der Waals surface area contributed by atoms with E-state index in [2.05, 4.69) is 4.98 Å². The van der Waals surface area contributed by atoms with Crippen LogP contribution in [-0.2, 0) is 4.79 Å². The van der Waals surface area contributed by atoms with Crippen LogP contribution in [0.25, 0.3) is 0 Å². The molecule has 1 N–H and O–H groups in total. The largest absolute Gasteiger partial charge is 0.546 e. The van der Waals surface area contributed by atoms with Crippen LogP contribution in [0.1, 0.15) is 6.04 Å². The number of hydrogen-bond donors (Lipinski definition) is 1. The summed E-state index contributed by atoms with van der Waals surface area (Å²) < 4.78 is 1.41. The summed E-state index contributed by atoms with van der Waals surface area (Å²) in [5, 5.41) is 20.5. The molecule has 1 unspecified atom stereocenters. The number of aromatic nitrogens is 2. The summed E-state index contributed by atoms with van der Waals surface area (Å²) in [4.78, 5) is 14.3. The molecule has 2 heterocycles. The second-order valence-electron chi connectivity index (χ2n) is 2.64. The van der Waals surface area contributed by atoms with Gasteiger partial charge in [-0.05, 0) is 0 Å². The molecule has 2 rings (SSSR count). The van der Waals surface area contributed by atoms with Gasteiger partial charge in [0.15, 0.2) is 12.2 Å². The normalized spacial score (nSPS) is 19.8. The molecule has 0 amide bonds. The highest BCUT2D eigenvalue weighted by atomic mass is 32.2. The maximum Gasteiger partial charge on any atom is 0.287 e. The van der Waals surface area contributed by atoms with Crippen molar-refractivity contribution in [1.82, 2.24) is 4.98 Å². The molecule has 0 saturated heterocycles. The van der Waals surface area contributed by atoms with Crippen LogP contribution in [0, 0.1) is 0 Å². The third-order valence-corrected chi connectivity index (χ3v) is 3.00. The first-order chi connectivity index (χ1) is 6.20. The van der Waals surface area contributed by atoms with Gasteiger partial charge in [-0.2, -0.15) is 0 Å². The number of aliphatic carboxylic acids is 1. The predicted octanol–water partition coefficient (Wildman–Crippen LogP) is -1.53. The van der Waals surface area contributed by atoms with E-state index in [9.17, 15) is 15.0 Å². The summed E-state index contributed by atoms with van der Waals surface area (Å²) in [5.41, 5.74) is 0. The number of aromatic hydroxyl groups is 1. The Morgan fingerprint density at radius 2 is 2.62 bits per heavy atom. The van der Waals surface area contributed by atoms with Crippen LogP contribution < -0.4 is 9.67 Å².